The summed E-state index contributed by atoms with van der Waals surface area (Å²) in [4.78, 5) is 10.8. The molecule has 11 heavy (non-hydrogen) atoms. The van der Waals surface area contributed by atoms with Crippen molar-refractivity contribution in [1.29, 1.82) is 0 Å². The average Bonchev–Trinajstić information content (AvgIpc) is 2.02. The van der Waals surface area contributed by atoms with Gasteiger partial charge in [-0.2, -0.15) is 0 Å². The van der Waals surface area contributed by atoms with Crippen LogP contribution in [-0.4, -0.2) is 25.2 Å². The molecular formula is C8H13NO2. The van der Waals surface area contributed by atoms with Gasteiger partial charge in [0, 0.05) is 0 Å². The largest absolute Gasteiger partial charge is 0.468 e. The molecule has 0 spiro atoms. The minimum atomic E-state index is -0.342. The summed E-state index contributed by atoms with van der Waals surface area (Å²) in [5, 5.41) is 2.87. The normalized spacial score (nSPS) is 14.7. The van der Waals surface area contributed by atoms with Gasteiger partial charge in [0.05, 0.1) is 13.2 Å². The fourth-order valence-electron chi connectivity index (χ4n) is 0.668. The molecule has 3 nitrogen and oxygen atoms in total. The molecule has 0 rings (SSSR count). The summed E-state index contributed by atoms with van der Waals surface area (Å²) in [6.07, 6.45) is 5.10. The Balaban J connectivity index is 3.79. The van der Waals surface area contributed by atoms with Crippen LogP contribution in [0.25, 0.3) is 0 Å². The van der Waals surface area contributed by atoms with Crippen LogP contribution >= 0.6 is 0 Å². The van der Waals surface area contributed by atoms with Gasteiger partial charge in [-0.15, -0.1) is 6.42 Å². The molecule has 1 N–H and O–H groups in total. The number of nitrogens with one attached hydrogen (secondary N) is 1. The van der Waals surface area contributed by atoms with E-state index in [1.54, 1.807) is 13.8 Å². The average molecular weight is 155 g/mol. The quantitative estimate of drug-likeness (QED) is 0.466. The van der Waals surface area contributed by atoms with Crippen LogP contribution in [0, 0.1) is 12.3 Å². The van der Waals surface area contributed by atoms with Crippen LogP contribution in [0.4, 0.5) is 0 Å². The second kappa shape index (κ2) is 4.75. The number of esters is 1. The van der Waals surface area contributed by atoms with Crippen LogP contribution in [0.5, 0.6) is 0 Å². The number of hydrogen-bond donors (Lipinski definition) is 1. The lowest BCUT2D eigenvalue weighted by atomic mass is 10.3. The van der Waals surface area contributed by atoms with Gasteiger partial charge in [-0.1, -0.05) is 5.92 Å². The first-order chi connectivity index (χ1) is 5.11. The number of terminal acetylenes is 1. The molecule has 0 aromatic carbocycles. The van der Waals surface area contributed by atoms with E-state index < -0.39 is 0 Å². The molecule has 0 aromatic heterocycles. The molecule has 0 saturated heterocycles. The molecule has 0 aromatic rings. The lowest BCUT2D eigenvalue weighted by Gasteiger charge is -2.13. The first kappa shape index (κ1) is 9.99. The molecule has 0 aliphatic heterocycles. The predicted octanol–water partition coefficient (Wildman–Crippen LogP) is 0.159. The number of carbonyl (C=O) groups is 1. The Morgan fingerprint density at radius 3 is 2.55 bits per heavy atom. The highest BCUT2D eigenvalue weighted by atomic mass is 16.5. The fraction of sp³-hybridized carbons (Fsp3) is 0.625. The number of carbonyl (C=O) groups excluding carboxylic acids is 1. The summed E-state index contributed by atoms with van der Waals surface area (Å²) in [5.41, 5.74) is 0. The summed E-state index contributed by atoms with van der Waals surface area (Å²) in [6.45, 7) is 3.51. The van der Waals surface area contributed by atoms with Gasteiger partial charge in [-0.25, -0.2) is 0 Å². The van der Waals surface area contributed by atoms with Crippen molar-refractivity contribution in [3.05, 3.63) is 0 Å². The maximum Gasteiger partial charge on any atom is 0.322 e. The van der Waals surface area contributed by atoms with Crippen molar-refractivity contribution in [1.82, 2.24) is 5.32 Å². The Morgan fingerprint density at radius 2 is 2.18 bits per heavy atom. The molecule has 0 heterocycles. The van der Waals surface area contributed by atoms with E-state index >= 15 is 0 Å². The third-order valence-corrected chi connectivity index (χ3v) is 1.30. The molecule has 62 valence electrons. The second-order valence-electron chi connectivity index (χ2n) is 2.30. The maximum absolute atomic E-state index is 10.8. The number of ether oxygens (including phenoxy) is 1. The van der Waals surface area contributed by atoms with Crippen LogP contribution < -0.4 is 5.32 Å². The Bertz CT molecular complexity index is 171. The van der Waals surface area contributed by atoms with Crippen molar-refractivity contribution < 1.29 is 9.53 Å². The van der Waals surface area contributed by atoms with Crippen LogP contribution in [0.2, 0.25) is 0 Å². The third kappa shape index (κ3) is 3.64. The van der Waals surface area contributed by atoms with Gasteiger partial charge in [0.2, 0.25) is 0 Å². The molecule has 0 bridgehead atoms. The molecule has 0 saturated carbocycles. The van der Waals surface area contributed by atoms with Crippen molar-refractivity contribution in [2.75, 3.05) is 7.11 Å². The smallest absolute Gasteiger partial charge is 0.322 e. The SMILES string of the molecule is C#CC(C)NC(C)C(=O)OC. The zero-order valence-corrected chi connectivity index (χ0v) is 7.05. The molecule has 2 atom stereocenters. The van der Waals surface area contributed by atoms with E-state index in [0.717, 1.165) is 0 Å². The molecule has 0 aliphatic rings. The lowest BCUT2D eigenvalue weighted by Crippen LogP contribution is -2.39. The van der Waals surface area contributed by atoms with Crippen molar-refractivity contribution in [2.24, 2.45) is 0 Å². The van der Waals surface area contributed by atoms with Crippen LogP contribution in [0.3, 0.4) is 0 Å². The number of methoxy groups -OCH3 is 1. The van der Waals surface area contributed by atoms with Crippen molar-refractivity contribution in [3.8, 4) is 12.3 Å². The topological polar surface area (TPSA) is 38.3 Å². The van der Waals surface area contributed by atoms with E-state index in [2.05, 4.69) is 16.0 Å². The second-order valence-corrected chi connectivity index (χ2v) is 2.30. The highest BCUT2D eigenvalue weighted by Gasteiger charge is 2.13. The molecular weight excluding hydrogens is 142 g/mol. The Hall–Kier alpha value is -1.01. The number of hydrogen-bond acceptors (Lipinski definition) is 3. The maximum atomic E-state index is 10.8. The Labute approximate surface area is 67.1 Å². The molecule has 0 aliphatic carbocycles. The minimum absolute atomic E-state index is 0.107. The highest BCUT2D eigenvalue weighted by Crippen LogP contribution is 1.88. The van der Waals surface area contributed by atoms with Gasteiger partial charge in [0.25, 0.3) is 0 Å². The summed E-state index contributed by atoms with van der Waals surface area (Å²) in [5.74, 6) is 2.16. The van der Waals surface area contributed by atoms with E-state index in [9.17, 15) is 4.79 Å². The van der Waals surface area contributed by atoms with Gasteiger partial charge < -0.3 is 4.74 Å². The monoisotopic (exact) mass is 155 g/mol. The first-order valence-electron chi connectivity index (χ1n) is 3.41. The van der Waals surface area contributed by atoms with E-state index in [-0.39, 0.29) is 18.1 Å². The summed E-state index contributed by atoms with van der Waals surface area (Å²) in [7, 11) is 1.35. The minimum Gasteiger partial charge on any atom is -0.468 e. The summed E-state index contributed by atoms with van der Waals surface area (Å²) in [6, 6.07) is -0.449. The molecule has 0 radical (unpaired) electrons. The standard InChI is InChI=1S/C8H13NO2/c1-5-6(2)9-7(3)8(10)11-4/h1,6-7,9H,2-4H3. The first-order valence-corrected chi connectivity index (χ1v) is 3.41. The summed E-state index contributed by atoms with van der Waals surface area (Å²) < 4.78 is 4.49. The van der Waals surface area contributed by atoms with E-state index in [0.29, 0.717) is 0 Å². The third-order valence-electron chi connectivity index (χ3n) is 1.30. The zero-order valence-electron chi connectivity index (χ0n) is 7.05. The fourth-order valence-corrected chi connectivity index (χ4v) is 0.668. The Morgan fingerprint density at radius 1 is 1.64 bits per heavy atom. The van der Waals surface area contributed by atoms with Gasteiger partial charge in [-0.3, -0.25) is 10.1 Å². The Kier molecular flexibility index (Phi) is 4.32. The van der Waals surface area contributed by atoms with Gasteiger partial charge in [0.1, 0.15) is 6.04 Å². The predicted molar refractivity (Wildman–Crippen MR) is 42.9 cm³/mol. The van der Waals surface area contributed by atoms with Crippen molar-refractivity contribution in [3.63, 3.8) is 0 Å². The van der Waals surface area contributed by atoms with Crippen LogP contribution in [0.15, 0.2) is 0 Å². The van der Waals surface area contributed by atoms with Crippen molar-refractivity contribution in [2.45, 2.75) is 25.9 Å². The highest BCUT2D eigenvalue weighted by molar-refractivity contribution is 5.75. The van der Waals surface area contributed by atoms with Crippen LogP contribution in [-0.2, 0) is 9.53 Å². The van der Waals surface area contributed by atoms with Gasteiger partial charge in [-0.05, 0) is 13.8 Å². The molecule has 0 amide bonds. The number of rotatable bonds is 3. The van der Waals surface area contributed by atoms with Crippen LogP contribution in [0.1, 0.15) is 13.8 Å². The van der Waals surface area contributed by atoms with E-state index in [1.807, 2.05) is 0 Å². The molecule has 2 unspecified atom stereocenters. The summed E-state index contributed by atoms with van der Waals surface area (Å²) >= 11 is 0. The molecule has 0 fully saturated rings. The lowest BCUT2D eigenvalue weighted by molar-refractivity contribution is -0.142. The molecule has 3 heteroatoms. The van der Waals surface area contributed by atoms with E-state index in [4.69, 9.17) is 6.42 Å². The zero-order chi connectivity index (χ0) is 8.85. The van der Waals surface area contributed by atoms with Gasteiger partial charge >= 0.3 is 5.97 Å². The van der Waals surface area contributed by atoms with Gasteiger partial charge in [0.15, 0.2) is 0 Å². The van der Waals surface area contributed by atoms with Crippen molar-refractivity contribution >= 4 is 5.97 Å². The van der Waals surface area contributed by atoms with E-state index in [1.165, 1.54) is 7.11 Å².